The third-order valence-corrected chi connectivity index (χ3v) is 12.3. The van der Waals surface area contributed by atoms with Crippen LogP contribution in [0.1, 0.15) is 299 Å². The number of rotatable bonds is 56. The first-order chi connectivity index (χ1) is 31.9. The summed E-state index contributed by atoms with van der Waals surface area (Å²) in [6.07, 6.45) is 41.3. The first-order valence-electron chi connectivity index (χ1n) is 28.7. The zero-order valence-corrected chi connectivity index (χ0v) is 44.9. The van der Waals surface area contributed by atoms with E-state index in [9.17, 15) is 0 Å². The monoisotopic (exact) mass is 931 g/mol. The molecule has 0 aromatic carbocycles. The lowest BCUT2D eigenvalue weighted by Gasteiger charge is -2.37. The smallest absolute Gasteiger partial charge is 0.285 e. The van der Waals surface area contributed by atoms with E-state index < -0.39 is 24.5 Å². The van der Waals surface area contributed by atoms with Crippen LogP contribution in [-0.2, 0) is 42.6 Å². The Morgan fingerprint density at radius 2 is 0.523 bits per heavy atom. The van der Waals surface area contributed by atoms with Crippen LogP contribution in [0.3, 0.4) is 0 Å². The van der Waals surface area contributed by atoms with E-state index >= 15 is 0 Å². The van der Waals surface area contributed by atoms with E-state index in [0.717, 1.165) is 89.9 Å². The van der Waals surface area contributed by atoms with Gasteiger partial charge in [0.2, 0.25) is 0 Å². The summed E-state index contributed by atoms with van der Waals surface area (Å²) in [5, 5.41) is 0. The fourth-order valence-electron chi connectivity index (χ4n) is 8.11. The zero-order valence-electron chi connectivity index (χ0n) is 44.9. The Balaban J connectivity index is 5.91. The van der Waals surface area contributed by atoms with Crippen LogP contribution in [0, 0.1) is 0 Å². The number of ether oxygens (including phenoxy) is 9. The van der Waals surface area contributed by atoms with Crippen LogP contribution in [-0.4, -0.2) is 64.5 Å². The number of unbranched alkanes of at least 4 members (excludes halogenated alkanes) is 26. The highest BCUT2D eigenvalue weighted by Gasteiger charge is 2.38. The van der Waals surface area contributed by atoms with Crippen molar-refractivity contribution in [3.63, 3.8) is 0 Å². The molecule has 0 aromatic heterocycles. The van der Waals surface area contributed by atoms with E-state index in [2.05, 4.69) is 55.4 Å². The minimum absolute atomic E-state index is 0.0233. The first-order valence-corrected chi connectivity index (χ1v) is 28.7. The molecule has 0 bridgehead atoms. The van der Waals surface area contributed by atoms with Crippen LogP contribution in [0.4, 0.5) is 0 Å². The average Bonchev–Trinajstić information content (AvgIpc) is 3.30. The summed E-state index contributed by atoms with van der Waals surface area (Å²) in [7, 11) is 0. The van der Waals surface area contributed by atoms with Gasteiger partial charge in [0.1, 0.15) is 0 Å². The second-order valence-corrected chi connectivity index (χ2v) is 18.9. The second-order valence-electron chi connectivity index (χ2n) is 18.9. The summed E-state index contributed by atoms with van der Waals surface area (Å²) in [6.45, 7) is 20.4. The van der Waals surface area contributed by atoms with E-state index in [1.165, 1.54) is 128 Å². The van der Waals surface area contributed by atoms with Gasteiger partial charge in [0.15, 0.2) is 26.2 Å². The third kappa shape index (κ3) is 40.1. The normalized spacial score (nSPS) is 13.3. The molecule has 0 heterocycles. The van der Waals surface area contributed by atoms with E-state index in [4.69, 9.17) is 42.6 Å². The Bertz CT molecular complexity index is 801. The quantitative estimate of drug-likeness (QED) is 0.0437. The number of hydrogen-bond acceptors (Lipinski definition) is 9. The van der Waals surface area contributed by atoms with Crippen LogP contribution in [0.5, 0.6) is 0 Å². The van der Waals surface area contributed by atoms with E-state index in [1.807, 2.05) is 0 Å². The van der Waals surface area contributed by atoms with Gasteiger partial charge in [-0.1, -0.05) is 235 Å². The topological polar surface area (TPSA) is 83.1 Å². The summed E-state index contributed by atoms with van der Waals surface area (Å²) in [5.41, 5.74) is 0. The maximum absolute atomic E-state index is 6.84. The molecule has 9 heteroatoms. The molecule has 0 fully saturated rings. The third-order valence-electron chi connectivity index (χ3n) is 12.3. The molecule has 0 aliphatic heterocycles. The van der Waals surface area contributed by atoms with E-state index in [0.29, 0.717) is 52.1 Å². The largest absolute Gasteiger partial charge is 0.329 e. The molecule has 0 spiro atoms. The molecule has 0 rings (SSSR count). The minimum atomic E-state index is -1.14. The lowest BCUT2D eigenvalue weighted by Crippen LogP contribution is -2.44. The van der Waals surface area contributed by atoms with Crippen molar-refractivity contribution in [3.05, 3.63) is 0 Å². The predicted molar refractivity (Wildman–Crippen MR) is 273 cm³/mol. The fourth-order valence-corrected chi connectivity index (χ4v) is 8.11. The van der Waals surface area contributed by atoms with E-state index in [1.54, 1.807) is 0 Å². The molecule has 65 heavy (non-hydrogen) atoms. The van der Waals surface area contributed by atoms with Crippen molar-refractivity contribution in [2.45, 2.75) is 324 Å². The average molecular weight is 932 g/mol. The van der Waals surface area contributed by atoms with Gasteiger partial charge in [-0.05, 0) is 51.4 Å². The van der Waals surface area contributed by atoms with Crippen molar-refractivity contribution in [2.75, 3.05) is 40.0 Å². The molecule has 2 unspecified atom stereocenters. The van der Waals surface area contributed by atoms with Gasteiger partial charge in [-0.15, -0.1) is 0 Å². The Hall–Kier alpha value is -0.360. The van der Waals surface area contributed by atoms with Crippen molar-refractivity contribution in [1.29, 1.82) is 0 Å². The Morgan fingerprint density at radius 3 is 0.785 bits per heavy atom. The van der Waals surface area contributed by atoms with Crippen LogP contribution in [0.15, 0.2) is 0 Å². The highest BCUT2D eigenvalue weighted by molar-refractivity contribution is 4.65. The first kappa shape index (κ1) is 64.6. The zero-order chi connectivity index (χ0) is 47.6. The molecule has 0 radical (unpaired) electrons. The van der Waals surface area contributed by atoms with Gasteiger partial charge >= 0.3 is 0 Å². The minimum Gasteiger partial charge on any atom is -0.329 e. The van der Waals surface area contributed by atoms with Gasteiger partial charge < -0.3 is 33.2 Å². The Morgan fingerprint density at radius 1 is 0.277 bits per heavy atom. The fraction of sp³-hybridized carbons (Fsp3) is 1.00. The molecule has 0 amide bonds. The van der Waals surface area contributed by atoms with Crippen LogP contribution in [0.2, 0.25) is 0 Å². The van der Waals surface area contributed by atoms with Crippen molar-refractivity contribution >= 4 is 0 Å². The van der Waals surface area contributed by atoms with Gasteiger partial charge in [0.05, 0.1) is 26.4 Å². The Kier molecular flexibility index (Phi) is 49.8. The van der Waals surface area contributed by atoms with Gasteiger partial charge in [0, 0.05) is 12.8 Å². The van der Waals surface area contributed by atoms with Crippen LogP contribution >= 0.6 is 0 Å². The van der Waals surface area contributed by atoms with Gasteiger partial charge in [-0.2, -0.15) is 0 Å². The molecule has 9 nitrogen and oxygen atoms in total. The SMILES string of the molecule is CCCCCCCCOC(CCCCCC)(OCCCCCCCC)OC(CCC)OCOCOC(CCC)OC(CCCCCC)(OCCCCCCCC)OCCCCCCCC. The summed E-state index contributed by atoms with van der Waals surface area (Å²) in [6, 6.07) is 0. The molecule has 0 aliphatic carbocycles. The molecule has 2 atom stereocenters. The molecule has 0 aliphatic rings. The molecular formula is C56H114O9. The van der Waals surface area contributed by atoms with Crippen LogP contribution in [0.25, 0.3) is 0 Å². The molecule has 0 N–H and O–H groups in total. The predicted octanol–water partition coefficient (Wildman–Crippen LogP) is 18.0. The molecule has 392 valence electrons. The number of hydrogen-bond donors (Lipinski definition) is 0. The lowest BCUT2D eigenvalue weighted by molar-refractivity contribution is -0.432. The maximum Gasteiger partial charge on any atom is 0.285 e. The maximum atomic E-state index is 6.84. The van der Waals surface area contributed by atoms with E-state index in [-0.39, 0.29) is 13.6 Å². The highest BCUT2D eigenvalue weighted by atomic mass is 16.9. The van der Waals surface area contributed by atoms with Gasteiger partial charge in [0.25, 0.3) is 11.9 Å². The highest BCUT2D eigenvalue weighted by Crippen LogP contribution is 2.31. The summed E-state index contributed by atoms with van der Waals surface area (Å²) in [5.74, 6) is -2.27. The summed E-state index contributed by atoms with van der Waals surface area (Å²) < 4.78 is 59.2. The summed E-state index contributed by atoms with van der Waals surface area (Å²) in [4.78, 5) is 0. The van der Waals surface area contributed by atoms with Gasteiger partial charge in [-0.3, -0.25) is 9.47 Å². The summed E-state index contributed by atoms with van der Waals surface area (Å²) >= 11 is 0. The van der Waals surface area contributed by atoms with Crippen molar-refractivity contribution in [2.24, 2.45) is 0 Å². The Labute approximate surface area is 405 Å². The standard InChI is InChI=1S/C56H114O9/c1-9-17-23-29-33-39-47-60-55(45-37-27-21-13-5,61-48-40-34-30-24-18-10-2)64-53(43-15-7)58-51-57-52-59-54(44-16-8)65-56(46-38-28-22-14-6,62-49-41-35-31-25-19-11-3)63-50-42-36-32-26-20-12-4/h53-54H,9-52H2,1-8H3. The van der Waals surface area contributed by atoms with Gasteiger partial charge in [-0.25, -0.2) is 0 Å². The molecule has 0 aromatic rings. The second kappa shape index (κ2) is 50.0. The molecular weight excluding hydrogens is 817 g/mol. The van der Waals surface area contributed by atoms with Crippen molar-refractivity contribution in [3.8, 4) is 0 Å². The van der Waals surface area contributed by atoms with Crippen molar-refractivity contribution < 1.29 is 42.6 Å². The molecule has 0 saturated heterocycles. The van der Waals surface area contributed by atoms with Crippen LogP contribution < -0.4 is 0 Å². The lowest BCUT2D eigenvalue weighted by atomic mass is 10.1. The van der Waals surface area contributed by atoms with Crippen molar-refractivity contribution in [1.82, 2.24) is 0 Å². The molecule has 0 saturated carbocycles.